The zero-order valence-corrected chi connectivity index (χ0v) is 17.8. The smallest absolute Gasteiger partial charge is 0.162 e. The van der Waals surface area contributed by atoms with Crippen molar-refractivity contribution >= 4 is 26.6 Å². The molecule has 8 nitrogen and oxygen atoms in total. The van der Waals surface area contributed by atoms with Crippen LogP contribution in [0.3, 0.4) is 0 Å². The van der Waals surface area contributed by atoms with Crippen molar-refractivity contribution in [3.8, 4) is 11.4 Å². The number of H-pyrrole nitrogens is 1. The third kappa shape index (κ3) is 2.99. The van der Waals surface area contributed by atoms with Crippen molar-refractivity contribution in [3.63, 3.8) is 0 Å². The van der Waals surface area contributed by atoms with Gasteiger partial charge in [0.25, 0.3) is 0 Å². The lowest BCUT2D eigenvalue weighted by atomic mass is 10.1. The Morgan fingerprint density at radius 1 is 1.40 bits per heavy atom. The third-order valence-electron chi connectivity index (χ3n) is 6.15. The summed E-state index contributed by atoms with van der Waals surface area (Å²) in [6.07, 6.45) is 6.06. The van der Waals surface area contributed by atoms with Crippen LogP contribution in [0.4, 0.5) is 5.82 Å². The van der Waals surface area contributed by atoms with Gasteiger partial charge in [-0.3, -0.25) is 0 Å². The molecule has 0 amide bonds. The molecule has 0 spiro atoms. The molecule has 30 heavy (non-hydrogen) atoms. The Kier molecular flexibility index (Phi) is 3.79. The molecule has 2 fully saturated rings. The number of aromatic amines is 1. The highest BCUT2D eigenvalue weighted by Crippen LogP contribution is 2.53. The van der Waals surface area contributed by atoms with Crippen molar-refractivity contribution in [1.82, 2.24) is 19.9 Å². The van der Waals surface area contributed by atoms with Gasteiger partial charge in [0.2, 0.25) is 0 Å². The van der Waals surface area contributed by atoms with Crippen LogP contribution in [0.1, 0.15) is 29.6 Å². The SMILES string of the molecule is [2H]C([2H])([2H])N=S(C)(=O)C1(c2cc(N3CCOC[C@H]3C)nc(-c3ccnc4[nH]ccc34)n2)CC1. The van der Waals surface area contributed by atoms with Crippen LogP contribution in [0.2, 0.25) is 0 Å². The molecule has 1 aliphatic carbocycles. The van der Waals surface area contributed by atoms with Gasteiger partial charge >= 0.3 is 0 Å². The van der Waals surface area contributed by atoms with E-state index in [9.17, 15) is 4.21 Å². The molecule has 1 saturated heterocycles. The molecule has 2 atom stereocenters. The number of aromatic nitrogens is 4. The Labute approximate surface area is 180 Å². The lowest BCUT2D eigenvalue weighted by Gasteiger charge is -2.35. The van der Waals surface area contributed by atoms with Gasteiger partial charge in [-0.1, -0.05) is 0 Å². The summed E-state index contributed by atoms with van der Waals surface area (Å²) in [5.74, 6) is 1.20. The molecule has 9 heteroatoms. The largest absolute Gasteiger partial charge is 0.377 e. The molecule has 1 aliphatic heterocycles. The van der Waals surface area contributed by atoms with Gasteiger partial charge in [0.15, 0.2) is 5.82 Å². The summed E-state index contributed by atoms with van der Waals surface area (Å²) in [6, 6.07) is 5.74. The van der Waals surface area contributed by atoms with E-state index >= 15 is 0 Å². The first-order valence-corrected chi connectivity index (χ1v) is 11.9. The maximum Gasteiger partial charge on any atom is 0.162 e. The molecule has 1 saturated carbocycles. The van der Waals surface area contributed by atoms with Crippen molar-refractivity contribution < 1.29 is 13.1 Å². The van der Waals surface area contributed by atoms with Gasteiger partial charge in [-0.05, 0) is 31.9 Å². The van der Waals surface area contributed by atoms with Crippen LogP contribution in [-0.2, 0) is 19.2 Å². The molecule has 1 unspecified atom stereocenters. The summed E-state index contributed by atoms with van der Waals surface area (Å²) in [5.41, 5.74) is 2.10. The Hall–Kier alpha value is -2.52. The van der Waals surface area contributed by atoms with Gasteiger partial charge in [0.1, 0.15) is 11.5 Å². The number of morpholine rings is 1. The van der Waals surface area contributed by atoms with Crippen molar-refractivity contribution in [2.45, 2.75) is 30.6 Å². The Bertz CT molecular complexity index is 1330. The van der Waals surface area contributed by atoms with Crippen LogP contribution in [0, 0.1) is 0 Å². The van der Waals surface area contributed by atoms with Gasteiger partial charge in [0.05, 0.1) is 39.4 Å². The van der Waals surface area contributed by atoms with Crippen LogP contribution in [0.15, 0.2) is 35.0 Å². The second kappa shape index (κ2) is 7.02. The monoisotopic (exact) mass is 429 g/mol. The normalized spacial score (nSPS) is 24.5. The first-order chi connectivity index (χ1) is 15.6. The fourth-order valence-electron chi connectivity index (χ4n) is 4.19. The minimum atomic E-state index is -3.09. The van der Waals surface area contributed by atoms with Crippen molar-refractivity contribution in [2.24, 2.45) is 4.36 Å². The van der Waals surface area contributed by atoms with Gasteiger partial charge < -0.3 is 14.6 Å². The molecule has 3 aromatic heterocycles. The van der Waals surface area contributed by atoms with Crippen LogP contribution in [0.5, 0.6) is 0 Å². The number of nitrogens with one attached hydrogen (secondary N) is 1. The van der Waals surface area contributed by atoms with Crippen LogP contribution < -0.4 is 4.90 Å². The summed E-state index contributed by atoms with van der Waals surface area (Å²) in [5, 5.41) is 0.880. The molecule has 4 heterocycles. The van der Waals surface area contributed by atoms with Gasteiger partial charge in [0, 0.05) is 53.3 Å². The second-order valence-corrected chi connectivity index (χ2v) is 10.6. The number of hydrogen-bond acceptors (Lipinski definition) is 7. The maximum absolute atomic E-state index is 13.6. The summed E-state index contributed by atoms with van der Waals surface area (Å²) in [4.78, 5) is 19.4. The number of ether oxygens (including phenoxy) is 1. The molecule has 0 aromatic carbocycles. The van der Waals surface area contributed by atoms with E-state index in [1.54, 1.807) is 6.20 Å². The highest BCUT2D eigenvalue weighted by molar-refractivity contribution is 7.94. The number of pyridine rings is 1. The average molecular weight is 430 g/mol. The van der Waals surface area contributed by atoms with Gasteiger partial charge in [-0.25, -0.2) is 23.5 Å². The van der Waals surface area contributed by atoms with E-state index < -0.39 is 21.5 Å². The Balaban J connectivity index is 1.71. The molecular formula is C21H26N6O2S. The second-order valence-electron chi connectivity index (χ2n) is 8.04. The minimum absolute atomic E-state index is 0.104. The van der Waals surface area contributed by atoms with Crippen LogP contribution in [0.25, 0.3) is 22.4 Å². The quantitative estimate of drug-likeness (QED) is 0.685. The average Bonchev–Trinajstić information content (AvgIpc) is 3.44. The van der Waals surface area contributed by atoms with Crippen LogP contribution in [-0.4, -0.2) is 63.2 Å². The predicted octanol–water partition coefficient (Wildman–Crippen LogP) is 2.96. The lowest BCUT2D eigenvalue weighted by molar-refractivity contribution is 0.0985. The zero-order chi connectivity index (χ0) is 23.4. The molecule has 3 aromatic rings. The number of hydrogen-bond donors (Lipinski definition) is 1. The van der Waals surface area contributed by atoms with Gasteiger partial charge in [-0.2, -0.15) is 0 Å². The number of nitrogens with zero attached hydrogens (tertiary/aromatic N) is 5. The zero-order valence-electron chi connectivity index (χ0n) is 20.0. The number of anilines is 1. The predicted molar refractivity (Wildman–Crippen MR) is 118 cm³/mol. The van der Waals surface area contributed by atoms with Gasteiger partial charge in [-0.15, -0.1) is 0 Å². The fraction of sp³-hybridized carbons (Fsp3) is 0.476. The molecule has 0 radical (unpaired) electrons. The van der Waals surface area contributed by atoms with Crippen molar-refractivity contribution in [1.29, 1.82) is 0 Å². The molecule has 2 aliphatic rings. The first-order valence-electron chi connectivity index (χ1n) is 11.5. The molecule has 1 N–H and O–H groups in total. The Morgan fingerprint density at radius 3 is 3.03 bits per heavy atom. The molecule has 0 bridgehead atoms. The van der Waals surface area contributed by atoms with E-state index in [4.69, 9.17) is 18.8 Å². The highest BCUT2D eigenvalue weighted by atomic mass is 32.2. The Morgan fingerprint density at radius 2 is 2.27 bits per heavy atom. The van der Waals surface area contributed by atoms with Crippen molar-refractivity contribution in [3.05, 3.63) is 36.3 Å². The van der Waals surface area contributed by atoms with E-state index in [1.165, 1.54) is 6.26 Å². The topological polar surface area (TPSA) is 96.4 Å². The fourth-order valence-corrected chi connectivity index (χ4v) is 5.72. The molecular weight excluding hydrogens is 400 g/mol. The standard InChI is InChI=1S/C21H26N6O2S/c1-14-13-29-11-10-27(14)18-12-17(21(6-7-21)30(3,28)22-2)25-20(26-18)16-5-9-24-19-15(16)4-8-23-19/h4-5,8-9,12,14H,6-7,10-11,13H2,1-3H3,(H,23,24)/t14-,30?/m1/s1/i2D3. The number of fused-ring (bicyclic) bond motifs is 1. The summed E-state index contributed by atoms with van der Waals surface area (Å²) >= 11 is 0. The number of rotatable bonds is 4. The van der Waals surface area contributed by atoms with E-state index in [2.05, 4.69) is 26.2 Å². The van der Waals surface area contributed by atoms with Crippen molar-refractivity contribution in [2.75, 3.05) is 37.9 Å². The summed E-state index contributed by atoms with van der Waals surface area (Å²) in [7, 11) is -3.09. The highest BCUT2D eigenvalue weighted by Gasteiger charge is 2.53. The molecule has 5 rings (SSSR count). The van der Waals surface area contributed by atoms with E-state index in [0.717, 1.165) is 16.6 Å². The maximum atomic E-state index is 13.6. The third-order valence-corrected chi connectivity index (χ3v) is 8.56. The summed E-state index contributed by atoms with van der Waals surface area (Å²) in [6.45, 7) is 1.26. The van der Waals surface area contributed by atoms with E-state index in [-0.39, 0.29) is 6.04 Å². The minimum Gasteiger partial charge on any atom is -0.377 e. The van der Waals surface area contributed by atoms with Crippen LogP contribution >= 0.6 is 0 Å². The summed E-state index contributed by atoms with van der Waals surface area (Å²) < 4.78 is 44.8. The molecule has 158 valence electrons. The van der Waals surface area contributed by atoms with E-state index in [1.807, 2.05) is 24.4 Å². The van der Waals surface area contributed by atoms with E-state index in [0.29, 0.717) is 49.9 Å². The first kappa shape index (κ1) is 16.2. The lowest BCUT2D eigenvalue weighted by Crippen LogP contribution is -2.44.